The van der Waals surface area contributed by atoms with Gasteiger partial charge in [-0.15, -0.1) is 0 Å². The molecule has 0 amide bonds. The number of fused-ring (bicyclic) bond motifs is 1. The average molecular weight is 286 g/mol. The van der Waals surface area contributed by atoms with Gasteiger partial charge in [0.15, 0.2) is 0 Å². The van der Waals surface area contributed by atoms with Crippen molar-refractivity contribution in [3.05, 3.63) is 18.2 Å². The fourth-order valence-electron chi connectivity index (χ4n) is 2.15. The largest absolute Gasteiger partial charge is 0.333 e. The first-order valence-electron chi connectivity index (χ1n) is 5.99. The number of alkyl halides is 1. The highest BCUT2D eigenvalue weighted by Crippen LogP contribution is 2.18. The number of aromatic nitrogens is 2. The van der Waals surface area contributed by atoms with E-state index in [1.807, 2.05) is 6.20 Å². The van der Waals surface area contributed by atoms with Crippen LogP contribution in [0, 0.1) is 11.8 Å². The van der Waals surface area contributed by atoms with Gasteiger partial charge in [0.1, 0.15) is 5.82 Å². The van der Waals surface area contributed by atoms with Gasteiger partial charge in [-0.05, 0) is 11.8 Å². The summed E-state index contributed by atoms with van der Waals surface area (Å²) >= 11 is 3.62. The van der Waals surface area contributed by atoms with Crippen molar-refractivity contribution in [2.75, 3.05) is 18.4 Å². The van der Waals surface area contributed by atoms with Gasteiger partial charge in [-0.3, -0.25) is 4.90 Å². The van der Waals surface area contributed by atoms with Gasteiger partial charge in [0.25, 0.3) is 0 Å². The Hall–Kier alpha value is -0.350. The molecule has 2 heterocycles. The second kappa shape index (κ2) is 5.32. The first kappa shape index (κ1) is 12.1. The van der Waals surface area contributed by atoms with Gasteiger partial charge in [-0.1, -0.05) is 29.8 Å². The number of nitrogens with zero attached hydrogens (tertiary/aromatic N) is 3. The van der Waals surface area contributed by atoms with Crippen molar-refractivity contribution < 1.29 is 0 Å². The van der Waals surface area contributed by atoms with E-state index in [-0.39, 0.29) is 0 Å². The molecule has 2 rings (SSSR count). The molecule has 0 fully saturated rings. The number of halogens is 1. The fourth-order valence-corrected chi connectivity index (χ4v) is 3.10. The summed E-state index contributed by atoms with van der Waals surface area (Å²) < 4.78 is 2.26. The first-order chi connectivity index (χ1) is 7.70. The van der Waals surface area contributed by atoms with Crippen LogP contribution in [0.3, 0.4) is 0 Å². The van der Waals surface area contributed by atoms with Crippen LogP contribution in [0.25, 0.3) is 0 Å². The third-order valence-electron chi connectivity index (χ3n) is 3.46. The summed E-state index contributed by atoms with van der Waals surface area (Å²) in [7, 11) is 0. The van der Waals surface area contributed by atoms with Gasteiger partial charge >= 0.3 is 0 Å². The second-order valence-corrected chi connectivity index (χ2v) is 5.58. The third kappa shape index (κ3) is 2.66. The number of hydrogen-bond donors (Lipinski definition) is 0. The molecule has 1 unspecified atom stereocenters. The van der Waals surface area contributed by atoms with Gasteiger partial charge in [0.05, 0.1) is 6.54 Å². The number of hydrogen-bond acceptors (Lipinski definition) is 2. The van der Waals surface area contributed by atoms with Crippen LogP contribution >= 0.6 is 15.9 Å². The van der Waals surface area contributed by atoms with Crippen molar-refractivity contribution in [2.45, 2.75) is 26.9 Å². The van der Waals surface area contributed by atoms with E-state index in [1.54, 1.807) is 0 Å². The minimum absolute atomic E-state index is 0.737. The molecule has 0 saturated heterocycles. The summed E-state index contributed by atoms with van der Waals surface area (Å²) in [5.41, 5.74) is 0. The van der Waals surface area contributed by atoms with Crippen molar-refractivity contribution in [3.8, 4) is 0 Å². The Morgan fingerprint density at radius 2 is 2.25 bits per heavy atom. The van der Waals surface area contributed by atoms with Crippen LogP contribution in [0.2, 0.25) is 0 Å². The molecule has 3 nitrogen and oxygen atoms in total. The van der Waals surface area contributed by atoms with Crippen molar-refractivity contribution >= 4 is 15.9 Å². The van der Waals surface area contributed by atoms with Crippen LogP contribution in [-0.2, 0) is 13.1 Å². The lowest BCUT2D eigenvalue weighted by Crippen LogP contribution is -2.38. The molecule has 0 aromatic carbocycles. The van der Waals surface area contributed by atoms with Crippen LogP contribution in [0.15, 0.2) is 12.4 Å². The maximum absolute atomic E-state index is 4.39. The van der Waals surface area contributed by atoms with Crippen LogP contribution in [0.5, 0.6) is 0 Å². The molecule has 0 saturated carbocycles. The van der Waals surface area contributed by atoms with Crippen LogP contribution in [0.4, 0.5) is 0 Å². The van der Waals surface area contributed by atoms with Crippen molar-refractivity contribution in [1.29, 1.82) is 0 Å². The van der Waals surface area contributed by atoms with E-state index in [1.165, 1.54) is 12.4 Å². The van der Waals surface area contributed by atoms with Gasteiger partial charge in [0.2, 0.25) is 0 Å². The molecular formula is C12H20BrN3. The van der Waals surface area contributed by atoms with E-state index in [0.29, 0.717) is 0 Å². The topological polar surface area (TPSA) is 21.1 Å². The molecule has 0 N–H and O–H groups in total. The predicted molar refractivity (Wildman–Crippen MR) is 69.6 cm³/mol. The van der Waals surface area contributed by atoms with Crippen molar-refractivity contribution in [1.82, 2.24) is 14.5 Å². The van der Waals surface area contributed by atoms with Gasteiger partial charge in [-0.2, -0.15) is 0 Å². The van der Waals surface area contributed by atoms with Crippen molar-refractivity contribution in [3.63, 3.8) is 0 Å². The quantitative estimate of drug-likeness (QED) is 0.792. The molecule has 16 heavy (non-hydrogen) atoms. The maximum Gasteiger partial charge on any atom is 0.122 e. The summed E-state index contributed by atoms with van der Waals surface area (Å²) in [5.74, 6) is 2.69. The Labute approximate surface area is 106 Å². The first-order valence-corrected chi connectivity index (χ1v) is 7.11. The Bertz CT molecular complexity index is 335. The summed E-state index contributed by atoms with van der Waals surface area (Å²) in [6.07, 6.45) is 3.99. The third-order valence-corrected chi connectivity index (χ3v) is 4.29. The maximum atomic E-state index is 4.39. The molecule has 1 aliphatic rings. The number of rotatable bonds is 4. The molecule has 1 aromatic heterocycles. The van der Waals surface area contributed by atoms with Gasteiger partial charge in [0, 0.05) is 37.4 Å². The standard InChI is InChI=1S/C12H20BrN3/c1-10(2)11(7-13)8-15-5-6-16-4-3-14-12(16)9-15/h3-4,10-11H,5-9H2,1-2H3. The van der Waals surface area contributed by atoms with E-state index in [2.05, 4.69) is 50.4 Å². The molecular weight excluding hydrogens is 266 g/mol. The molecule has 1 aromatic rings. The zero-order valence-electron chi connectivity index (χ0n) is 10.1. The molecule has 0 aliphatic carbocycles. The van der Waals surface area contributed by atoms with E-state index in [4.69, 9.17) is 0 Å². The highest BCUT2D eigenvalue weighted by Gasteiger charge is 2.21. The molecule has 0 radical (unpaired) electrons. The van der Waals surface area contributed by atoms with E-state index < -0.39 is 0 Å². The monoisotopic (exact) mass is 285 g/mol. The van der Waals surface area contributed by atoms with Crippen LogP contribution in [-0.4, -0.2) is 32.9 Å². The van der Waals surface area contributed by atoms with Gasteiger partial charge in [-0.25, -0.2) is 4.98 Å². The Morgan fingerprint density at radius 1 is 1.44 bits per heavy atom. The minimum atomic E-state index is 0.737. The lowest BCUT2D eigenvalue weighted by Gasteiger charge is -2.31. The normalized spacial score (nSPS) is 18.8. The molecule has 4 heteroatoms. The molecule has 0 bridgehead atoms. The highest BCUT2D eigenvalue weighted by atomic mass is 79.9. The van der Waals surface area contributed by atoms with E-state index in [9.17, 15) is 0 Å². The smallest absolute Gasteiger partial charge is 0.122 e. The van der Waals surface area contributed by atoms with E-state index in [0.717, 1.165) is 36.8 Å². The highest BCUT2D eigenvalue weighted by molar-refractivity contribution is 9.09. The second-order valence-electron chi connectivity index (χ2n) is 4.93. The molecule has 0 spiro atoms. The lowest BCUT2D eigenvalue weighted by atomic mass is 9.97. The zero-order valence-corrected chi connectivity index (χ0v) is 11.7. The minimum Gasteiger partial charge on any atom is -0.333 e. The molecule has 90 valence electrons. The van der Waals surface area contributed by atoms with Crippen molar-refractivity contribution in [2.24, 2.45) is 11.8 Å². The SMILES string of the molecule is CC(C)C(CBr)CN1CCn2ccnc2C1. The van der Waals surface area contributed by atoms with E-state index >= 15 is 0 Å². The predicted octanol–water partition coefficient (Wildman–Crippen LogP) is 2.37. The zero-order chi connectivity index (χ0) is 11.5. The Morgan fingerprint density at radius 3 is 2.94 bits per heavy atom. The molecule has 1 atom stereocenters. The lowest BCUT2D eigenvalue weighted by molar-refractivity contribution is 0.174. The average Bonchev–Trinajstić information content (AvgIpc) is 2.72. The summed E-state index contributed by atoms with van der Waals surface area (Å²) in [5, 5.41) is 1.09. The van der Waals surface area contributed by atoms with Crippen LogP contribution < -0.4 is 0 Å². The molecule has 1 aliphatic heterocycles. The summed E-state index contributed by atoms with van der Waals surface area (Å²) in [6.45, 7) is 9.02. The number of imidazole rings is 1. The van der Waals surface area contributed by atoms with Gasteiger partial charge < -0.3 is 4.57 Å². The summed E-state index contributed by atoms with van der Waals surface area (Å²) in [4.78, 5) is 6.92. The summed E-state index contributed by atoms with van der Waals surface area (Å²) in [6, 6.07) is 0. The Balaban J connectivity index is 1.93. The van der Waals surface area contributed by atoms with Crippen LogP contribution in [0.1, 0.15) is 19.7 Å². The Kier molecular flexibility index (Phi) is 4.03. The fraction of sp³-hybridized carbons (Fsp3) is 0.750.